The summed E-state index contributed by atoms with van der Waals surface area (Å²) in [5, 5.41) is 23.9. The molecule has 2 atom stereocenters. The van der Waals surface area contributed by atoms with Gasteiger partial charge in [-0.3, -0.25) is 14.5 Å². The van der Waals surface area contributed by atoms with Crippen molar-refractivity contribution in [3.05, 3.63) is 33.1 Å². The fourth-order valence-corrected chi connectivity index (χ4v) is 6.93. The monoisotopic (exact) mass is 571 g/mol. The van der Waals surface area contributed by atoms with Gasteiger partial charge in [-0.05, 0) is 5.57 Å². The van der Waals surface area contributed by atoms with E-state index in [1.807, 2.05) is 0 Å². The Morgan fingerprint density at radius 3 is 2.67 bits per heavy atom. The van der Waals surface area contributed by atoms with Crippen LogP contribution in [0.25, 0.3) is 0 Å². The van der Waals surface area contributed by atoms with Crippen LogP contribution in [0.1, 0.15) is 11.3 Å². The van der Waals surface area contributed by atoms with E-state index in [0.717, 1.165) is 16.2 Å². The van der Waals surface area contributed by atoms with Crippen LogP contribution in [0.15, 0.2) is 22.6 Å². The number of halogens is 1. The number of nitrogens with one attached hydrogen (secondary N) is 1. The van der Waals surface area contributed by atoms with Gasteiger partial charge in [0.05, 0.1) is 0 Å². The fourth-order valence-electron chi connectivity index (χ4n) is 3.50. The molecule has 14 nitrogen and oxygen atoms in total. The highest BCUT2D eigenvalue weighted by Gasteiger charge is 2.54. The molecule has 2 amide bonds. The van der Waals surface area contributed by atoms with Gasteiger partial charge in [-0.2, -0.15) is 16.7 Å². The molecule has 2 aromatic heterocycles. The first-order chi connectivity index (χ1) is 17.1. The average Bonchev–Trinajstić information content (AvgIpc) is 3.16. The lowest BCUT2D eigenvalue weighted by Gasteiger charge is -2.49. The summed E-state index contributed by atoms with van der Waals surface area (Å²) >= 11 is 9.55. The third kappa shape index (κ3) is 4.86. The number of fused-ring (bicyclic) bond motifs is 1. The van der Waals surface area contributed by atoms with E-state index in [9.17, 15) is 24.7 Å². The number of carbonyl (C=O) groups excluding carboxylic acids is 2. The number of carboxylic acid groups (broad SMARTS) is 1. The molecule has 190 valence electrons. The number of carbonyl (C=O) groups is 3. The highest BCUT2D eigenvalue weighted by atomic mass is 35.5. The van der Waals surface area contributed by atoms with Gasteiger partial charge in [-0.15, -0.1) is 11.8 Å². The number of amides is 2. The van der Waals surface area contributed by atoms with Gasteiger partial charge in [0.25, 0.3) is 11.8 Å². The van der Waals surface area contributed by atoms with E-state index in [2.05, 4.69) is 25.4 Å². The normalized spacial score (nSPS) is 19.6. The summed E-state index contributed by atoms with van der Waals surface area (Å²) in [6, 6.07) is -1.04. The lowest BCUT2D eigenvalue weighted by Crippen LogP contribution is -2.71. The van der Waals surface area contributed by atoms with E-state index in [1.54, 1.807) is 0 Å². The maximum Gasteiger partial charge on any atom is 0.352 e. The minimum Gasteiger partial charge on any atom is -0.477 e. The molecule has 2 aliphatic heterocycles. The standard InChI is InChI=1S/C18H18ClN9O5S3/c19-11-7(25-18(22)36-11)8(27-33)13(29)24-9-14(30)28-10(16(31)32)6(4-35-15(9)28)3-34-2-5-1-23-17(21)26-12(5)20/h1,9,15,33H,2-4H2,(H2,22,25)(H,24,29)(H,31,32)(H4,20,21,23,26). The van der Waals surface area contributed by atoms with E-state index < -0.39 is 34.9 Å². The molecule has 2 aromatic rings. The van der Waals surface area contributed by atoms with Crippen LogP contribution in [0, 0.1) is 0 Å². The first-order valence-corrected chi connectivity index (χ1v) is 13.3. The van der Waals surface area contributed by atoms with Crippen molar-refractivity contribution in [1.29, 1.82) is 0 Å². The quantitative estimate of drug-likeness (QED) is 0.107. The predicted molar refractivity (Wildman–Crippen MR) is 137 cm³/mol. The van der Waals surface area contributed by atoms with Gasteiger partial charge in [0.15, 0.2) is 10.8 Å². The number of aromatic nitrogens is 3. The molecule has 2 aliphatic rings. The number of rotatable bonds is 8. The lowest BCUT2D eigenvalue weighted by molar-refractivity contribution is -0.150. The first-order valence-electron chi connectivity index (χ1n) is 9.92. The number of anilines is 3. The van der Waals surface area contributed by atoms with Crippen molar-refractivity contribution in [2.75, 3.05) is 28.7 Å². The van der Waals surface area contributed by atoms with Gasteiger partial charge in [-0.1, -0.05) is 28.1 Å². The molecule has 2 unspecified atom stereocenters. The van der Waals surface area contributed by atoms with Crippen molar-refractivity contribution in [3.8, 4) is 0 Å². The predicted octanol–water partition coefficient (Wildman–Crippen LogP) is 0.183. The van der Waals surface area contributed by atoms with Gasteiger partial charge in [-0.25, -0.2) is 14.8 Å². The number of hydrogen-bond acceptors (Lipinski definition) is 14. The Labute approximate surface area is 220 Å². The van der Waals surface area contributed by atoms with Crippen LogP contribution in [-0.4, -0.2) is 76.6 Å². The zero-order valence-corrected chi connectivity index (χ0v) is 21.2. The smallest absolute Gasteiger partial charge is 0.352 e. The third-order valence-electron chi connectivity index (χ3n) is 5.13. The number of β-lactam (4-membered cyclic amide) rings is 1. The largest absolute Gasteiger partial charge is 0.477 e. The van der Waals surface area contributed by atoms with Gasteiger partial charge in [0.1, 0.15) is 33.0 Å². The summed E-state index contributed by atoms with van der Waals surface area (Å²) in [4.78, 5) is 50.4. The van der Waals surface area contributed by atoms with Crippen LogP contribution in [0.2, 0.25) is 4.34 Å². The van der Waals surface area contributed by atoms with Gasteiger partial charge in [0.2, 0.25) is 5.95 Å². The number of nitrogens with zero attached hydrogens (tertiary/aromatic N) is 5. The molecule has 4 rings (SSSR count). The Kier molecular flexibility index (Phi) is 7.43. The Morgan fingerprint density at radius 2 is 2.06 bits per heavy atom. The molecule has 1 saturated heterocycles. The second-order valence-corrected chi connectivity index (χ2v) is 11.1. The number of oxime groups is 1. The van der Waals surface area contributed by atoms with Crippen LogP contribution in [-0.2, 0) is 20.1 Å². The van der Waals surface area contributed by atoms with Crippen molar-refractivity contribution in [3.63, 3.8) is 0 Å². The van der Waals surface area contributed by atoms with Crippen LogP contribution in [0.3, 0.4) is 0 Å². The van der Waals surface area contributed by atoms with Crippen LogP contribution in [0.5, 0.6) is 0 Å². The first kappa shape index (κ1) is 25.8. The summed E-state index contributed by atoms with van der Waals surface area (Å²) in [5.41, 5.74) is 17.3. The zero-order chi connectivity index (χ0) is 26.1. The number of carboxylic acids is 1. The maximum absolute atomic E-state index is 12.9. The molecule has 0 bridgehead atoms. The van der Waals surface area contributed by atoms with Crippen LogP contribution in [0.4, 0.5) is 16.9 Å². The van der Waals surface area contributed by atoms with E-state index in [0.29, 0.717) is 28.4 Å². The zero-order valence-electron chi connectivity index (χ0n) is 18.0. The van der Waals surface area contributed by atoms with Crippen molar-refractivity contribution >= 4 is 86.9 Å². The summed E-state index contributed by atoms with van der Waals surface area (Å²) < 4.78 is 0.0366. The molecule has 4 heterocycles. The second-order valence-electron chi connectivity index (χ2n) is 7.37. The number of nitrogen functional groups attached to an aromatic ring is 3. The van der Waals surface area contributed by atoms with Crippen molar-refractivity contribution < 1.29 is 24.7 Å². The minimum atomic E-state index is -1.26. The molecule has 36 heavy (non-hydrogen) atoms. The van der Waals surface area contributed by atoms with Crippen molar-refractivity contribution in [1.82, 2.24) is 25.2 Å². The Balaban J connectivity index is 1.45. The molecule has 0 aromatic carbocycles. The van der Waals surface area contributed by atoms with E-state index >= 15 is 0 Å². The molecule has 1 fully saturated rings. The summed E-state index contributed by atoms with van der Waals surface area (Å²) in [6.45, 7) is 0. The molecule has 0 spiro atoms. The maximum atomic E-state index is 12.9. The Hall–Kier alpha value is -3.28. The van der Waals surface area contributed by atoms with Crippen molar-refractivity contribution in [2.45, 2.75) is 17.2 Å². The van der Waals surface area contributed by atoms with Crippen molar-refractivity contribution in [2.24, 2.45) is 5.16 Å². The number of nitrogens with two attached hydrogens (primary N) is 3. The second kappa shape index (κ2) is 10.4. The summed E-state index contributed by atoms with van der Waals surface area (Å²) in [6.07, 6.45) is 1.51. The molecular formula is C18H18ClN9O5S3. The minimum absolute atomic E-state index is 0.0366. The highest BCUT2D eigenvalue weighted by Crippen LogP contribution is 2.41. The number of thioether (sulfide) groups is 2. The van der Waals surface area contributed by atoms with Crippen LogP contribution < -0.4 is 22.5 Å². The lowest BCUT2D eigenvalue weighted by atomic mass is 10.0. The Morgan fingerprint density at radius 1 is 1.31 bits per heavy atom. The van der Waals surface area contributed by atoms with Gasteiger partial charge >= 0.3 is 5.97 Å². The van der Waals surface area contributed by atoms with Gasteiger partial charge in [0, 0.05) is 29.0 Å². The highest BCUT2D eigenvalue weighted by molar-refractivity contribution is 8.00. The molecule has 9 N–H and O–H groups in total. The molecular weight excluding hydrogens is 554 g/mol. The van der Waals surface area contributed by atoms with E-state index in [4.69, 9.17) is 28.8 Å². The molecule has 0 aliphatic carbocycles. The molecule has 0 radical (unpaired) electrons. The average molecular weight is 572 g/mol. The van der Waals surface area contributed by atoms with E-state index in [-0.39, 0.29) is 32.6 Å². The SMILES string of the molecule is Nc1ncc(CSCC2=C(C(=O)O)N3C(=O)C(NC(=O)C(=NO)c4nc(N)sc4Cl)C3SC2)c(N)n1. The molecule has 0 saturated carbocycles. The third-order valence-corrected chi connectivity index (χ3v) is 8.62. The molecule has 18 heteroatoms. The summed E-state index contributed by atoms with van der Waals surface area (Å²) in [5.74, 6) is -1.44. The number of aliphatic carboxylic acids is 1. The van der Waals surface area contributed by atoms with Crippen LogP contribution >= 0.6 is 46.5 Å². The topological polar surface area (TPSA) is 236 Å². The fraction of sp³-hybridized carbons (Fsp3) is 0.278. The van der Waals surface area contributed by atoms with Gasteiger partial charge < -0.3 is 32.8 Å². The number of hydrogen-bond donors (Lipinski definition) is 6. The Bertz CT molecular complexity index is 1320. The summed E-state index contributed by atoms with van der Waals surface area (Å²) in [7, 11) is 0. The van der Waals surface area contributed by atoms with E-state index in [1.165, 1.54) is 29.7 Å². The number of thiazole rings is 1.